The van der Waals surface area contributed by atoms with E-state index in [1.54, 1.807) is 0 Å². The van der Waals surface area contributed by atoms with E-state index in [4.69, 9.17) is 9.47 Å². The molecule has 0 aliphatic carbocycles. The summed E-state index contributed by atoms with van der Waals surface area (Å²) in [6.45, 7) is 7.41. The third kappa shape index (κ3) is 9.34. The maximum Gasteiger partial charge on any atom is 0.0477 e. The highest BCUT2D eigenvalue weighted by molar-refractivity contribution is 7.39. The summed E-state index contributed by atoms with van der Waals surface area (Å²) in [6, 6.07) is 0. The summed E-state index contributed by atoms with van der Waals surface area (Å²) < 4.78 is 10.6. The highest BCUT2D eigenvalue weighted by Gasteiger charge is 2.17. The standard InChI is InChI=1S/C10H24O2P2/c1-3-11-8-5-6-10(13,14)7-9-12-4-2/h3-9,13-14H2,1-2H3. The first-order chi connectivity index (χ1) is 6.62. The van der Waals surface area contributed by atoms with E-state index < -0.39 is 0 Å². The average Bonchev–Trinajstić information content (AvgIpc) is 2.13. The van der Waals surface area contributed by atoms with Gasteiger partial charge in [0, 0.05) is 31.3 Å². The molecule has 0 N–H and O–H groups in total. The predicted octanol–water partition coefficient (Wildman–Crippen LogP) is 2.68. The lowest BCUT2D eigenvalue weighted by atomic mass is 10.2. The Balaban J connectivity index is 3.40. The molecule has 0 aliphatic heterocycles. The van der Waals surface area contributed by atoms with Gasteiger partial charge in [-0.1, -0.05) is 0 Å². The number of hydrogen-bond donors (Lipinski definition) is 0. The van der Waals surface area contributed by atoms with Gasteiger partial charge in [-0.15, -0.1) is 18.5 Å². The lowest BCUT2D eigenvalue weighted by Crippen LogP contribution is -2.15. The van der Waals surface area contributed by atoms with E-state index in [0.29, 0.717) is 0 Å². The summed E-state index contributed by atoms with van der Waals surface area (Å²) in [6.07, 6.45) is 3.34. The van der Waals surface area contributed by atoms with E-state index in [-0.39, 0.29) is 4.90 Å². The molecule has 2 unspecified atom stereocenters. The van der Waals surface area contributed by atoms with Gasteiger partial charge in [0.25, 0.3) is 0 Å². The summed E-state index contributed by atoms with van der Waals surface area (Å²) in [7, 11) is 5.80. The Morgan fingerprint density at radius 1 is 0.929 bits per heavy atom. The first kappa shape index (κ1) is 14.8. The third-order valence-corrected chi connectivity index (χ3v) is 3.21. The van der Waals surface area contributed by atoms with Gasteiger partial charge in [-0.05, 0) is 33.1 Å². The quantitative estimate of drug-likeness (QED) is 0.454. The highest BCUT2D eigenvalue weighted by atomic mass is 31.1. The predicted molar refractivity (Wildman–Crippen MR) is 69.0 cm³/mol. The molecule has 0 aromatic heterocycles. The minimum absolute atomic E-state index is 0.228. The fraction of sp³-hybridized carbons (Fsp3) is 1.00. The van der Waals surface area contributed by atoms with Crippen LogP contribution in [-0.4, -0.2) is 31.3 Å². The van der Waals surface area contributed by atoms with E-state index in [1.165, 1.54) is 0 Å². The van der Waals surface area contributed by atoms with Crippen LogP contribution in [0.25, 0.3) is 0 Å². The van der Waals surface area contributed by atoms with E-state index in [2.05, 4.69) is 18.5 Å². The Morgan fingerprint density at radius 2 is 1.50 bits per heavy atom. The Morgan fingerprint density at radius 3 is 2.07 bits per heavy atom. The van der Waals surface area contributed by atoms with Gasteiger partial charge in [0.1, 0.15) is 0 Å². The van der Waals surface area contributed by atoms with Crippen LogP contribution in [0.15, 0.2) is 0 Å². The van der Waals surface area contributed by atoms with Crippen molar-refractivity contribution in [3.05, 3.63) is 0 Å². The molecule has 0 rings (SSSR count). The van der Waals surface area contributed by atoms with Crippen LogP contribution in [0.3, 0.4) is 0 Å². The molecule has 0 heterocycles. The Labute approximate surface area is 92.9 Å². The lowest BCUT2D eigenvalue weighted by Gasteiger charge is -2.23. The molecular formula is C10H24O2P2. The molecule has 14 heavy (non-hydrogen) atoms. The normalized spacial score (nSPS) is 12.0. The Bertz CT molecular complexity index is 129. The molecule has 86 valence electrons. The zero-order valence-electron chi connectivity index (χ0n) is 9.42. The zero-order chi connectivity index (χ0) is 10.9. The average molecular weight is 238 g/mol. The van der Waals surface area contributed by atoms with Crippen molar-refractivity contribution in [3.63, 3.8) is 0 Å². The molecule has 0 amide bonds. The minimum atomic E-state index is 0.228. The molecule has 0 radical (unpaired) electrons. The fourth-order valence-electron chi connectivity index (χ4n) is 1.18. The topological polar surface area (TPSA) is 18.5 Å². The number of rotatable bonds is 9. The van der Waals surface area contributed by atoms with E-state index in [1.807, 2.05) is 13.8 Å². The van der Waals surface area contributed by atoms with E-state index in [9.17, 15) is 0 Å². The maximum atomic E-state index is 5.34. The van der Waals surface area contributed by atoms with Crippen molar-refractivity contribution in [3.8, 4) is 0 Å². The molecule has 0 aromatic carbocycles. The first-order valence-corrected chi connectivity index (χ1v) is 6.51. The molecule has 4 heteroatoms. The van der Waals surface area contributed by atoms with Crippen LogP contribution in [0.5, 0.6) is 0 Å². The van der Waals surface area contributed by atoms with Crippen molar-refractivity contribution in [2.45, 2.75) is 38.0 Å². The number of ether oxygens (including phenoxy) is 2. The molecule has 0 saturated heterocycles. The van der Waals surface area contributed by atoms with Gasteiger partial charge < -0.3 is 9.47 Å². The van der Waals surface area contributed by atoms with Crippen LogP contribution < -0.4 is 0 Å². The SMILES string of the molecule is CCOCCCC(P)(P)CCOCC. The van der Waals surface area contributed by atoms with Crippen molar-refractivity contribution < 1.29 is 9.47 Å². The highest BCUT2D eigenvalue weighted by Crippen LogP contribution is 2.35. The Hall–Kier alpha value is 0.780. The monoisotopic (exact) mass is 238 g/mol. The molecule has 0 spiro atoms. The smallest absolute Gasteiger partial charge is 0.0477 e. The lowest BCUT2D eigenvalue weighted by molar-refractivity contribution is 0.132. The largest absolute Gasteiger partial charge is 0.382 e. The second-order valence-electron chi connectivity index (χ2n) is 3.48. The molecule has 2 nitrogen and oxygen atoms in total. The second-order valence-corrected chi connectivity index (χ2v) is 6.45. The second kappa shape index (κ2) is 9.04. The molecule has 0 fully saturated rings. The molecule has 2 atom stereocenters. The van der Waals surface area contributed by atoms with Crippen LogP contribution in [0.4, 0.5) is 0 Å². The fourth-order valence-corrected chi connectivity index (χ4v) is 1.82. The summed E-state index contributed by atoms with van der Waals surface area (Å²) in [5.41, 5.74) is 0. The van der Waals surface area contributed by atoms with Crippen LogP contribution in [0.2, 0.25) is 0 Å². The van der Waals surface area contributed by atoms with Crippen molar-refractivity contribution in [2.75, 3.05) is 26.4 Å². The van der Waals surface area contributed by atoms with Crippen LogP contribution in [0, 0.1) is 0 Å². The molecule has 0 aromatic rings. The van der Waals surface area contributed by atoms with Crippen LogP contribution >= 0.6 is 18.5 Å². The van der Waals surface area contributed by atoms with Crippen molar-refractivity contribution in [1.29, 1.82) is 0 Å². The number of hydrogen-bond acceptors (Lipinski definition) is 2. The van der Waals surface area contributed by atoms with Gasteiger partial charge in [-0.2, -0.15) is 0 Å². The van der Waals surface area contributed by atoms with Gasteiger partial charge in [0.2, 0.25) is 0 Å². The van der Waals surface area contributed by atoms with Crippen molar-refractivity contribution in [1.82, 2.24) is 0 Å². The van der Waals surface area contributed by atoms with E-state index >= 15 is 0 Å². The first-order valence-electron chi connectivity index (χ1n) is 5.35. The van der Waals surface area contributed by atoms with Gasteiger partial charge in [0.05, 0.1) is 0 Å². The van der Waals surface area contributed by atoms with Crippen molar-refractivity contribution in [2.24, 2.45) is 0 Å². The minimum Gasteiger partial charge on any atom is -0.382 e. The van der Waals surface area contributed by atoms with Gasteiger partial charge in [0.15, 0.2) is 0 Å². The Kier molecular flexibility index (Phi) is 9.54. The van der Waals surface area contributed by atoms with Crippen LogP contribution in [-0.2, 0) is 9.47 Å². The molecule has 0 saturated carbocycles. The van der Waals surface area contributed by atoms with Gasteiger partial charge >= 0.3 is 0 Å². The summed E-state index contributed by atoms with van der Waals surface area (Å²) >= 11 is 0. The molecule has 0 aliphatic rings. The third-order valence-electron chi connectivity index (χ3n) is 2.05. The van der Waals surface area contributed by atoms with E-state index in [0.717, 1.165) is 45.7 Å². The molecule has 0 bridgehead atoms. The van der Waals surface area contributed by atoms with Crippen LogP contribution in [0.1, 0.15) is 33.1 Å². The maximum absolute atomic E-state index is 5.34. The van der Waals surface area contributed by atoms with Crippen molar-refractivity contribution >= 4 is 18.5 Å². The zero-order valence-corrected chi connectivity index (χ0v) is 11.7. The van der Waals surface area contributed by atoms with Gasteiger partial charge in [-0.3, -0.25) is 0 Å². The van der Waals surface area contributed by atoms with Gasteiger partial charge in [-0.25, -0.2) is 0 Å². The summed E-state index contributed by atoms with van der Waals surface area (Å²) in [4.78, 5) is 0.228. The summed E-state index contributed by atoms with van der Waals surface area (Å²) in [5.74, 6) is 0. The molecular weight excluding hydrogens is 214 g/mol. The summed E-state index contributed by atoms with van der Waals surface area (Å²) in [5, 5.41) is 0.